The van der Waals surface area contributed by atoms with Gasteiger partial charge in [-0.25, -0.2) is 10.5 Å². The van der Waals surface area contributed by atoms with E-state index in [2.05, 4.69) is 9.97 Å². The predicted octanol–water partition coefficient (Wildman–Crippen LogP) is 2.56. The van der Waals surface area contributed by atoms with Gasteiger partial charge in [0.25, 0.3) is 0 Å². The Labute approximate surface area is 239 Å². The van der Waals surface area contributed by atoms with Gasteiger partial charge in [-0.2, -0.15) is 5.69 Å². The number of aliphatic hydroxyl groups excluding tert-OH is 1. The Hall–Kier alpha value is -0.852. The largest absolute Gasteiger partial charge is 0.432 e. The van der Waals surface area contributed by atoms with E-state index in [-0.39, 0.29) is 94.8 Å². The third-order valence-electron chi connectivity index (χ3n) is 5.02. The van der Waals surface area contributed by atoms with Crippen LogP contribution in [0.15, 0.2) is 0 Å². The standard InChI is InChI=1S/C12H15NO2.C11H11NO3.2Y/c1-6-7(2)11(9(4)14)12(10(5)15)13-8(6)3;1-7-9(3-4-13)8(2)12-11(6-15)10(7)5-14;;/h1-5H3;13H,3-4H2,1-2H3;;/q;-2;;. The van der Waals surface area contributed by atoms with Gasteiger partial charge in [-0.1, -0.05) is 11.8 Å². The molecule has 2 heterocycles. The van der Waals surface area contributed by atoms with Crippen molar-refractivity contribution in [1.29, 1.82) is 0 Å². The maximum Gasteiger partial charge on any atom is 0.178 e. The molecule has 0 saturated heterocycles. The van der Waals surface area contributed by atoms with Gasteiger partial charge in [0.1, 0.15) is 5.69 Å². The van der Waals surface area contributed by atoms with Gasteiger partial charge >= 0.3 is 0 Å². The van der Waals surface area contributed by atoms with E-state index < -0.39 is 0 Å². The molecule has 0 bridgehead atoms. The molecule has 2 aromatic heterocycles. The minimum absolute atomic E-state index is 0. The molecule has 7 nitrogen and oxygen atoms in total. The van der Waals surface area contributed by atoms with Crippen LogP contribution in [0.25, 0.3) is 0 Å². The average Bonchev–Trinajstić information content (AvgIpc) is 2.68. The monoisotopic (exact) mass is 588 g/mol. The number of carbonyl (C=O) groups excluding carboxylic acids is 4. The summed E-state index contributed by atoms with van der Waals surface area (Å²) in [5.41, 5.74) is 5.60. The molecular formula is C23H26N2O5Y2-2. The van der Waals surface area contributed by atoms with Crippen LogP contribution in [0.3, 0.4) is 0 Å². The summed E-state index contributed by atoms with van der Waals surface area (Å²) in [5, 5.41) is 8.86. The van der Waals surface area contributed by atoms with Crippen molar-refractivity contribution in [2.45, 2.75) is 54.9 Å². The first-order valence-electron chi connectivity index (χ1n) is 9.38. The number of hydrogen-bond donors (Lipinski definition) is 1. The summed E-state index contributed by atoms with van der Waals surface area (Å²) < 4.78 is 0. The Bertz CT molecular complexity index is 1020. The Balaban J connectivity index is 0. The van der Waals surface area contributed by atoms with E-state index in [0.717, 1.165) is 22.4 Å². The molecule has 0 spiro atoms. The van der Waals surface area contributed by atoms with E-state index in [1.165, 1.54) is 13.8 Å². The van der Waals surface area contributed by atoms with Crippen molar-refractivity contribution >= 4 is 24.1 Å². The summed E-state index contributed by atoms with van der Waals surface area (Å²) in [7, 11) is 0. The van der Waals surface area contributed by atoms with Crippen molar-refractivity contribution < 1.29 is 89.7 Å². The number of nitrogens with zero attached hydrogens (tertiary/aromatic N) is 2. The number of aliphatic hydroxyl groups is 1. The second-order valence-corrected chi connectivity index (χ2v) is 6.99. The fraction of sp³-hybridized carbons (Fsp3) is 0.391. The van der Waals surface area contributed by atoms with Crippen molar-refractivity contribution in [3.63, 3.8) is 0 Å². The molecule has 0 atom stereocenters. The zero-order chi connectivity index (χ0) is 23.2. The van der Waals surface area contributed by atoms with Crippen LogP contribution < -0.4 is 0 Å². The number of pyridine rings is 2. The molecule has 0 fully saturated rings. The van der Waals surface area contributed by atoms with Gasteiger partial charge in [0.2, 0.25) is 0 Å². The molecule has 2 aromatic rings. The molecule has 0 aliphatic heterocycles. The first-order chi connectivity index (χ1) is 14.0. The molecule has 0 aliphatic carbocycles. The number of hydrogen-bond acceptors (Lipinski definition) is 7. The van der Waals surface area contributed by atoms with Crippen molar-refractivity contribution in [2.75, 3.05) is 6.61 Å². The second-order valence-electron chi connectivity index (χ2n) is 6.99. The van der Waals surface area contributed by atoms with Crippen LogP contribution >= 0.6 is 0 Å². The minimum atomic E-state index is -0.161. The SMILES string of the molecule is CC(=O)c1nc(C)c(C)c(C)c1C(C)=O.Cc1nc([C-]=O)c([C-]=O)c(C)c1CCO.[Y].[Y]. The topological polar surface area (TPSA) is 114 Å². The van der Waals surface area contributed by atoms with Crippen LogP contribution in [0.4, 0.5) is 0 Å². The third kappa shape index (κ3) is 7.88. The minimum Gasteiger partial charge on any atom is -0.432 e. The van der Waals surface area contributed by atoms with Crippen LogP contribution in [0.2, 0.25) is 0 Å². The summed E-state index contributed by atoms with van der Waals surface area (Å²) in [5.74, 6) is -0.264. The number of rotatable bonds is 6. The van der Waals surface area contributed by atoms with Gasteiger partial charge in [-0.05, 0) is 58.5 Å². The molecule has 0 aromatic carbocycles. The van der Waals surface area contributed by atoms with Crippen LogP contribution in [-0.4, -0.2) is 45.8 Å². The summed E-state index contributed by atoms with van der Waals surface area (Å²) in [6.07, 6.45) is 3.71. The Kier molecular flexibility index (Phi) is 15.8. The maximum absolute atomic E-state index is 11.5. The van der Waals surface area contributed by atoms with Crippen LogP contribution in [-0.2, 0) is 81.4 Å². The summed E-state index contributed by atoms with van der Waals surface area (Å²) in [6, 6.07) is 0. The Morgan fingerprint density at radius 1 is 0.812 bits per heavy atom. The van der Waals surface area contributed by atoms with Crippen molar-refractivity contribution in [1.82, 2.24) is 9.97 Å². The molecule has 166 valence electrons. The molecule has 0 unspecified atom stereocenters. The molecule has 2 radical (unpaired) electrons. The first kappa shape index (κ1) is 33.3. The van der Waals surface area contributed by atoms with Crippen molar-refractivity contribution in [2.24, 2.45) is 0 Å². The average molecular weight is 588 g/mol. The van der Waals surface area contributed by atoms with Gasteiger partial charge in [-0.15, -0.1) is 6.92 Å². The predicted molar refractivity (Wildman–Crippen MR) is 113 cm³/mol. The molecule has 0 aliphatic rings. The van der Waals surface area contributed by atoms with E-state index >= 15 is 0 Å². The number of Topliss-reactive ketones (excluding diaryl/α,β-unsaturated/α-hetero) is 2. The number of carbonyl (C=O) groups is 2. The van der Waals surface area contributed by atoms with Crippen LogP contribution in [0.1, 0.15) is 79.6 Å². The van der Waals surface area contributed by atoms with Crippen LogP contribution in [0.5, 0.6) is 0 Å². The quantitative estimate of drug-likeness (QED) is 0.408. The Morgan fingerprint density at radius 2 is 1.38 bits per heavy atom. The third-order valence-corrected chi connectivity index (χ3v) is 5.02. The van der Waals surface area contributed by atoms with E-state index in [4.69, 9.17) is 5.11 Å². The fourth-order valence-corrected chi connectivity index (χ4v) is 3.20. The second kappa shape index (κ2) is 15.1. The van der Waals surface area contributed by atoms with E-state index in [0.29, 0.717) is 28.9 Å². The smallest absolute Gasteiger partial charge is 0.178 e. The van der Waals surface area contributed by atoms with Gasteiger partial charge in [-0.3, -0.25) is 15.2 Å². The maximum atomic E-state index is 11.5. The van der Waals surface area contributed by atoms with Crippen molar-refractivity contribution in [3.05, 3.63) is 56.2 Å². The summed E-state index contributed by atoms with van der Waals surface area (Å²) in [4.78, 5) is 52.2. The van der Waals surface area contributed by atoms with Gasteiger partial charge in [0.15, 0.2) is 11.6 Å². The van der Waals surface area contributed by atoms with Gasteiger partial charge in [0, 0.05) is 95.9 Å². The molecule has 0 saturated carbocycles. The van der Waals surface area contributed by atoms with E-state index in [1.807, 2.05) is 20.8 Å². The normalized spacial score (nSPS) is 9.50. The molecule has 0 amide bonds. The van der Waals surface area contributed by atoms with Gasteiger partial charge < -0.3 is 19.7 Å². The summed E-state index contributed by atoms with van der Waals surface area (Å²) >= 11 is 0. The fourth-order valence-electron chi connectivity index (χ4n) is 3.20. The number of aromatic nitrogens is 2. The first-order valence-corrected chi connectivity index (χ1v) is 9.38. The van der Waals surface area contributed by atoms with E-state index in [9.17, 15) is 19.2 Å². The zero-order valence-corrected chi connectivity index (χ0v) is 25.2. The van der Waals surface area contributed by atoms with Gasteiger partial charge in [0.05, 0.1) is 0 Å². The molecule has 9 heteroatoms. The number of aryl methyl sites for hydroxylation is 2. The number of ketones is 2. The van der Waals surface area contributed by atoms with E-state index in [1.54, 1.807) is 26.4 Å². The van der Waals surface area contributed by atoms with Crippen LogP contribution in [0, 0.1) is 34.6 Å². The molecule has 1 N–H and O–H groups in total. The molecule has 2 rings (SSSR count). The Morgan fingerprint density at radius 3 is 1.78 bits per heavy atom. The van der Waals surface area contributed by atoms with Crippen molar-refractivity contribution in [3.8, 4) is 0 Å². The molecular weight excluding hydrogens is 562 g/mol. The summed E-state index contributed by atoms with van der Waals surface area (Å²) in [6.45, 7) is 11.9. The molecule has 32 heavy (non-hydrogen) atoms. The zero-order valence-electron chi connectivity index (χ0n) is 19.5.